The minimum atomic E-state index is -0.434. The van der Waals surface area contributed by atoms with E-state index >= 15 is 0 Å². The largest absolute Gasteiger partial charge is 0.504 e. The molecule has 0 amide bonds. The highest BCUT2D eigenvalue weighted by Gasteiger charge is 2.13. The first kappa shape index (κ1) is 14.2. The van der Waals surface area contributed by atoms with Gasteiger partial charge in [-0.3, -0.25) is 4.79 Å². The molecule has 0 fully saturated rings. The molecule has 2 aromatic rings. The van der Waals surface area contributed by atoms with Gasteiger partial charge in [-0.2, -0.15) is 0 Å². The summed E-state index contributed by atoms with van der Waals surface area (Å²) in [4.78, 5) is 14.6. The molecule has 0 unspecified atom stereocenters. The molecule has 5 heteroatoms. The van der Waals surface area contributed by atoms with Gasteiger partial charge in [0.25, 0.3) is 5.56 Å². The fourth-order valence-corrected chi connectivity index (χ4v) is 2.12. The van der Waals surface area contributed by atoms with E-state index in [1.807, 2.05) is 0 Å². The monoisotopic (exact) mass is 276 g/mol. The van der Waals surface area contributed by atoms with E-state index in [0.29, 0.717) is 23.2 Å². The molecule has 108 valence electrons. The first-order valence-electron chi connectivity index (χ1n) is 6.90. The van der Waals surface area contributed by atoms with Crippen LogP contribution in [0.3, 0.4) is 0 Å². The van der Waals surface area contributed by atoms with Crippen LogP contribution in [0.15, 0.2) is 23.0 Å². The maximum atomic E-state index is 11.9. The summed E-state index contributed by atoms with van der Waals surface area (Å²) in [6.45, 7) is 2.56. The van der Waals surface area contributed by atoms with Crippen molar-refractivity contribution < 1.29 is 9.84 Å². The molecular formula is C15H20N2O3. The van der Waals surface area contributed by atoms with Crippen molar-refractivity contribution in [2.45, 2.75) is 32.6 Å². The van der Waals surface area contributed by atoms with E-state index in [4.69, 9.17) is 10.5 Å². The molecule has 5 nitrogen and oxygen atoms in total. The lowest BCUT2D eigenvalue weighted by Gasteiger charge is -2.09. The standard InChI is InChI=1S/C15H20N2O3/c1-2-3-4-5-8-20-14-13(18)11-7-6-10(16)9-12(11)17-15(14)19/h6-7,9H,2-5,8,16H2,1H3,(H2,17,18,19). The molecular weight excluding hydrogens is 256 g/mol. The summed E-state index contributed by atoms with van der Waals surface area (Å²) in [6, 6.07) is 4.95. The Kier molecular flexibility index (Phi) is 4.50. The zero-order valence-electron chi connectivity index (χ0n) is 11.6. The molecule has 0 spiro atoms. The highest BCUT2D eigenvalue weighted by molar-refractivity contribution is 5.88. The second kappa shape index (κ2) is 6.32. The van der Waals surface area contributed by atoms with Gasteiger partial charge in [0.05, 0.1) is 12.1 Å². The van der Waals surface area contributed by atoms with Gasteiger partial charge in [-0.25, -0.2) is 0 Å². The van der Waals surface area contributed by atoms with Crippen LogP contribution in [0, 0.1) is 0 Å². The number of benzene rings is 1. The van der Waals surface area contributed by atoms with Gasteiger partial charge >= 0.3 is 0 Å². The van der Waals surface area contributed by atoms with Crippen LogP contribution in [0.25, 0.3) is 10.9 Å². The number of aromatic hydroxyl groups is 1. The summed E-state index contributed by atoms with van der Waals surface area (Å²) in [5, 5.41) is 10.7. The van der Waals surface area contributed by atoms with Gasteiger partial charge < -0.3 is 20.6 Å². The lowest BCUT2D eigenvalue weighted by molar-refractivity contribution is 0.286. The fourth-order valence-electron chi connectivity index (χ4n) is 2.12. The molecule has 2 rings (SSSR count). The first-order valence-corrected chi connectivity index (χ1v) is 6.90. The van der Waals surface area contributed by atoms with E-state index in [1.165, 1.54) is 0 Å². The molecule has 0 bridgehead atoms. The molecule has 4 N–H and O–H groups in total. The number of hydrogen-bond acceptors (Lipinski definition) is 4. The molecule has 0 radical (unpaired) electrons. The van der Waals surface area contributed by atoms with Gasteiger partial charge in [0, 0.05) is 11.1 Å². The third-order valence-corrected chi connectivity index (χ3v) is 3.21. The van der Waals surface area contributed by atoms with Crippen molar-refractivity contribution in [3.8, 4) is 11.5 Å². The predicted molar refractivity (Wildman–Crippen MR) is 80.3 cm³/mol. The Morgan fingerprint density at radius 3 is 2.85 bits per heavy atom. The molecule has 1 heterocycles. The summed E-state index contributed by atoms with van der Waals surface area (Å²) < 4.78 is 5.43. The Bertz CT molecular complexity index is 649. The zero-order valence-corrected chi connectivity index (χ0v) is 11.6. The number of rotatable bonds is 6. The van der Waals surface area contributed by atoms with Gasteiger partial charge in [0.1, 0.15) is 0 Å². The summed E-state index contributed by atoms with van der Waals surface area (Å²) >= 11 is 0. The lowest BCUT2D eigenvalue weighted by atomic mass is 10.2. The number of nitrogens with two attached hydrogens (primary N) is 1. The van der Waals surface area contributed by atoms with Crippen molar-refractivity contribution in [1.82, 2.24) is 4.98 Å². The van der Waals surface area contributed by atoms with E-state index in [1.54, 1.807) is 18.2 Å². The number of nitrogen functional groups attached to an aromatic ring is 1. The topological polar surface area (TPSA) is 88.3 Å². The molecule has 1 aromatic heterocycles. The molecule has 0 aliphatic heterocycles. The van der Waals surface area contributed by atoms with Crippen LogP contribution in [-0.2, 0) is 0 Å². The SMILES string of the molecule is CCCCCCOc1c(O)c2ccc(N)cc2[nH]c1=O. The number of unbranched alkanes of at least 4 members (excludes halogenated alkanes) is 3. The number of nitrogens with one attached hydrogen (secondary N) is 1. The van der Waals surface area contributed by atoms with E-state index in [0.717, 1.165) is 25.7 Å². The number of anilines is 1. The van der Waals surface area contributed by atoms with Gasteiger partial charge in [0.2, 0.25) is 5.75 Å². The van der Waals surface area contributed by atoms with Crippen LogP contribution in [0.4, 0.5) is 5.69 Å². The normalized spacial score (nSPS) is 10.8. The van der Waals surface area contributed by atoms with Crippen LogP contribution < -0.4 is 16.0 Å². The Hall–Kier alpha value is -2.17. The van der Waals surface area contributed by atoms with Gasteiger partial charge in [-0.1, -0.05) is 26.2 Å². The van der Waals surface area contributed by atoms with E-state index in [-0.39, 0.29) is 11.5 Å². The average molecular weight is 276 g/mol. The van der Waals surface area contributed by atoms with Crippen LogP contribution >= 0.6 is 0 Å². The summed E-state index contributed by atoms with van der Waals surface area (Å²) in [7, 11) is 0. The van der Waals surface area contributed by atoms with Gasteiger partial charge in [-0.15, -0.1) is 0 Å². The number of aromatic nitrogens is 1. The van der Waals surface area contributed by atoms with E-state index < -0.39 is 5.56 Å². The Morgan fingerprint density at radius 2 is 2.10 bits per heavy atom. The van der Waals surface area contributed by atoms with Crippen molar-refractivity contribution in [3.63, 3.8) is 0 Å². The molecule has 0 saturated heterocycles. The van der Waals surface area contributed by atoms with Crippen LogP contribution in [0.1, 0.15) is 32.6 Å². The van der Waals surface area contributed by atoms with E-state index in [9.17, 15) is 9.90 Å². The van der Waals surface area contributed by atoms with Crippen molar-refractivity contribution in [3.05, 3.63) is 28.6 Å². The van der Waals surface area contributed by atoms with Crippen LogP contribution in [-0.4, -0.2) is 16.7 Å². The second-order valence-corrected chi connectivity index (χ2v) is 4.85. The van der Waals surface area contributed by atoms with Crippen molar-refractivity contribution in [1.29, 1.82) is 0 Å². The Morgan fingerprint density at radius 1 is 1.30 bits per heavy atom. The van der Waals surface area contributed by atoms with Crippen LogP contribution in [0.5, 0.6) is 11.5 Å². The van der Waals surface area contributed by atoms with Crippen molar-refractivity contribution in [2.75, 3.05) is 12.3 Å². The Labute approximate surface area is 117 Å². The maximum Gasteiger partial charge on any atom is 0.294 e. The smallest absolute Gasteiger partial charge is 0.294 e. The molecule has 0 saturated carbocycles. The molecule has 0 aliphatic rings. The number of fused-ring (bicyclic) bond motifs is 1. The number of H-pyrrole nitrogens is 1. The number of ether oxygens (including phenoxy) is 1. The first-order chi connectivity index (χ1) is 9.63. The zero-order chi connectivity index (χ0) is 14.5. The third kappa shape index (κ3) is 3.04. The molecule has 20 heavy (non-hydrogen) atoms. The van der Waals surface area contributed by atoms with Crippen molar-refractivity contribution in [2.24, 2.45) is 0 Å². The average Bonchev–Trinajstić information content (AvgIpc) is 2.41. The third-order valence-electron chi connectivity index (χ3n) is 3.21. The number of aromatic amines is 1. The quantitative estimate of drug-likeness (QED) is 0.559. The van der Waals surface area contributed by atoms with Gasteiger partial charge in [0.15, 0.2) is 5.75 Å². The highest BCUT2D eigenvalue weighted by Crippen LogP contribution is 2.30. The number of pyridine rings is 1. The molecule has 0 atom stereocenters. The fraction of sp³-hybridized carbons (Fsp3) is 0.400. The molecule has 0 aliphatic carbocycles. The second-order valence-electron chi connectivity index (χ2n) is 4.85. The summed E-state index contributed by atoms with van der Waals surface area (Å²) in [6.07, 6.45) is 4.21. The summed E-state index contributed by atoms with van der Waals surface area (Å²) in [5.74, 6) is -0.141. The minimum Gasteiger partial charge on any atom is -0.504 e. The maximum absolute atomic E-state index is 11.9. The predicted octanol–water partition coefficient (Wildman–Crippen LogP) is 2.77. The summed E-state index contributed by atoms with van der Waals surface area (Å²) in [5.41, 5.74) is 6.25. The van der Waals surface area contributed by atoms with E-state index in [2.05, 4.69) is 11.9 Å². The minimum absolute atomic E-state index is 0.0150. The van der Waals surface area contributed by atoms with Crippen LogP contribution in [0.2, 0.25) is 0 Å². The number of hydrogen-bond donors (Lipinski definition) is 3. The van der Waals surface area contributed by atoms with Crippen molar-refractivity contribution >= 4 is 16.6 Å². The lowest BCUT2D eigenvalue weighted by Crippen LogP contribution is -2.12. The molecule has 1 aromatic carbocycles. The van der Waals surface area contributed by atoms with Gasteiger partial charge in [-0.05, 0) is 24.6 Å². The highest BCUT2D eigenvalue weighted by atomic mass is 16.5. The Balaban J connectivity index is 2.21.